The molecule has 2 aromatic heterocycles. The summed E-state index contributed by atoms with van der Waals surface area (Å²) in [5, 5.41) is 7.22. The summed E-state index contributed by atoms with van der Waals surface area (Å²) >= 11 is 0. The van der Waals surface area contributed by atoms with Crippen LogP contribution in [0.4, 0.5) is 5.69 Å². The topological polar surface area (TPSA) is 103 Å². The molecule has 9 heteroatoms. The van der Waals surface area contributed by atoms with Crippen LogP contribution < -0.4 is 10.6 Å². The number of aromatic amines is 1. The fourth-order valence-electron chi connectivity index (χ4n) is 4.86. The molecule has 0 radical (unpaired) electrons. The number of hydrogen-bond acceptors (Lipinski definition) is 7. The number of fused-ring (bicyclic) bond motifs is 1. The lowest BCUT2D eigenvalue weighted by Crippen LogP contribution is -2.43. The Balaban J connectivity index is 1.16. The second kappa shape index (κ2) is 12.3. The fourth-order valence-corrected chi connectivity index (χ4v) is 4.86. The molecule has 1 amide bonds. The first kappa shape index (κ1) is 27.4. The predicted octanol–water partition coefficient (Wildman–Crippen LogP) is 3.95. The molecular weight excluding hydrogens is 504 g/mol. The number of esters is 1. The maximum atomic E-state index is 13.0. The molecule has 3 heterocycles. The Bertz CT molecular complexity index is 1490. The van der Waals surface area contributed by atoms with Gasteiger partial charge in [-0.25, -0.2) is 9.78 Å². The third kappa shape index (κ3) is 6.67. The van der Waals surface area contributed by atoms with Crippen LogP contribution in [0.3, 0.4) is 0 Å². The normalized spacial score (nSPS) is 14.3. The SMILES string of the molecule is COC(=O)c1cc2cc(CNC(=O)c3cc(NCc4ccc(CN5CCN(C)CC5)cc4)ccc3C)cnc2[nH]1. The van der Waals surface area contributed by atoms with E-state index in [1.54, 1.807) is 12.3 Å². The second-order valence-corrected chi connectivity index (χ2v) is 10.4. The van der Waals surface area contributed by atoms with Crippen LogP contribution in [0.25, 0.3) is 11.0 Å². The van der Waals surface area contributed by atoms with E-state index in [1.807, 2.05) is 31.2 Å². The monoisotopic (exact) mass is 540 g/mol. The first-order chi connectivity index (χ1) is 19.4. The molecule has 40 heavy (non-hydrogen) atoms. The molecular formula is C31H36N6O3. The van der Waals surface area contributed by atoms with Crippen LogP contribution in [0, 0.1) is 6.92 Å². The number of ether oxygens (including phenoxy) is 1. The number of amides is 1. The van der Waals surface area contributed by atoms with Crippen LogP contribution in [0.2, 0.25) is 0 Å². The van der Waals surface area contributed by atoms with Gasteiger partial charge in [-0.05, 0) is 60.5 Å². The Morgan fingerprint density at radius 2 is 1.70 bits per heavy atom. The highest BCUT2D eigenvalue weighted by atomic mass is 16.5. The highest BCUT2D eigenvalue weighted by Crippen LogP contribution is 2.19. The minimum Gasteiger partial charge on any atom is -0.464 e. The minimum absolute atomic E-state index is 0.154. The quantitative estimate of drug-likeness (QED) is 0.276. The van der Waals surface area contributed by atoms with Crippen molar-refractivity contribution in [2.45, 2.75) is 26.6 Å². The van der Waals surface area contributed by atoms with Crippen molar-refractivity contribution in [3.63, 3.8) is 0 Å². The van der Waals surface area contributed by atoms with Crippen LogP contribution in [-0.2, 0) is 24.4 Å². The molecule has 0 aliphatic carbocycles. The second-order valence-electron chi connectivity index (χ2n) is 10.4. The van der Waals surface area contributed by atoms with Crippen molar-refractivity contribution in [2.24, 2.45) is 0 Å². The van der Waals surface area contributed by atoms with E-state index in [-0.39, 0.29) is 5.91 Å². The number of pyridine rings is 1. The molecule has 0 saturated carbocycles. The maximum absolute atomic E-state index is 13.0. The molecule has 3 N–H and O–H groups in total. The zero-order valence-corrected chi connectivity index (χ0v) is 23.3. The van der Waals surface area contributed by atoms with Gasteiger partial charge >= 0.3 is 5.97 Å². The van der Waals surface area contributed by atoms with Crippen LogP contribution in [-0.4, -0.2) is 72.0 Å². The van der Waals surface area contributed by atoms with Gasteiger partial charge in [-0.3, -0.25) is 9.69 Å². The summed E-state index contributed by atoms with van der Waals surface area (Å²) in [5.41, 5.74) is 6.70. The average molecular weight is 541 g/mol. The van der Waals surface area contributed by atoms with Gasteiger partial charge in [-0.2, -0.15) is 0 Å². The molecule has 0 unspecified atom stereocenters. The molecule has 0 spiro atoms. The number of aryl methyl sites for hydroxylation is 1. The van der Waals surface area contributed by atoms with Gasteiger partial charge in [0.1, 0.15) is 11.3 Å². The number of hydrogen-bond donors (Lipinski definition) is 3. The fraction of sp³-hybridized carbons (Fsp3) is 0.323. The van der Waals surface area contributed by atoms with Crippen LogP contribution in [0.5, 0.6) is 0 Å². The number of benzene rings is 2. The van der Waals surface area contributed by atoms with E-state index >= 15 is 0 Å². The first-order valence-electron chi connectivity index (χ1n) is 13.6. The largest absolute Gasteiger partial charge is 0.464 e. The summed E-state index contributed by atoms with van der Waals surface area (Å²) in [6.45, 7) is 8.38. The number of piperazine rings is 1. The minimum atomic E-state index is -0.449. The average Bonchev–Trinajstić information content (AvgIpc) is 3.40. The van der Waals surface area contributed by atoms with E-state index in [9.17, 15) is 9.59 Å². The van der Waals surface area contributed by atoms with Gasteiger partial charge in [-0.15, -0.1) is 0 Å². The van der Waals surface area contributed by atoms with Gasteiger partial charge in [0.15, 0.2) is 0 Å². The van der Waals surface area contributed by atoms with E-state index in [1.165, 1.54) is 18.2 Å². The van der Waals surface area contributed by atoms with Crippen molar-refractivity contribution in [3.8, 4) is 0 Å². The Labute approximate surface area is 234 Å². The van der Waals surface area contributed by atoms with Gasteiger partial charge < -0.3 is 25.3 Å². The van der Waals surface area contributed by atoms with E-state index in [2.05, 4.69) is 61.7 Å². The van der Waals surface area contributed by atoms with Crippen molar-refractivity contribution in [2.75, 3.05) is 45.7 Å². The molecule has 2 aromatic carbocycles. The number of carbonyl (C=O) groups is 2. The summed E-state index contributed by atoms with van der Waals surface area (Å²) in [7, 11) is 3.51. The van der Waals surface area contributed by atoms with Crippen LogP contribution in [0.15, 0.2) is 60.8 Å². The lowest BCUT2D eigenvalue weighted by atomic mass is 10.1. The van der Waals surface area contributed by atoms with Gasteiger partial charge in [-0.1, -0.05) is 30.3 Å². The number of methoxy groups -OCH3 is 1. The number of aromatic nitrogens is 2. The summed E-state index contributed by atoms with van der Waals surface area (Å²) in [6, 6.07) is 18.2. The Kier molecular flexibility index (Phi) is 8.42. The number of likely N-dealkylation sites (N-methyl/N-ethyl adjacent to an activating group) is 1. The van der Waals surface area contributed by atoms with Gasteiger partial charge in [0.2, 0.25) is 0 Å². The highest BCUT2D eigenvalue weighted by Gasteiger charge is 2.15. The van der Waals surface area contributed by atoms with Crippen molar-refractivity contribution in [1.82, 2.24) is 25.1 Å². The van der Waals surface area contributed by atoms with E-state index in [0.29, 0.717) is 30.0 Å². The maximum Gasteiger partial charge on any atom is 0.354 e. The Hall–Kier alpha value is -4.21. The van der Waals surface area contributed by atoms with E-state index < -0.39 is 5.97 Å². The molecule has 4 aromatic rings. The third-order valence-corrected chi connectivity index (χ3v) is 7.39. The molecule has 1 fully saturated rings. The van der Waals surface area contributed by atoms with Crippen LogP contribution >= 0.6 is 0 Å². The third-order valence-electron chi connectivity index (χ3n) is 7.39. The number of nitrogens with zero attached hydrogens (tertiary/aromatic N) is 3. The standard InChI is InChI=1S/C31H36N6O3/c1-21-4-9-26(32-17-22-5-7-23(8-6-22)20-37-12-10-36(2)11-13-37)16-27(21)30(38)34-19-24-14-25-15-28(31(39)40-3)35-29(25)33-18-24/h4-9,14-16,18,32H,10-13,17,19-20H2,1-3H3,(H,33,35)(H,34,38). The van der Waals surface area contributed by atoms with Crippen LogP contribution in [0.1, 0.15) is 43.1 Å². The number of H-pyrrole nitrogens is 1. The molecule has 0 atom stereocenters. The number of carbonyl (C=O) groups excluding carboxylic acids is 2. The molecule has 0 bridgehead atoms. The zero-order chi connectivity index (χ0) is 28.1. The molecule has 1 saturated heterocycles. The summed E-state index contributed by atoms with van der Waals surface area (Å²) in [6.07, 6.45) is 1.68. The van der Waals surface area contributed by atoms with Crippen molar-refractivity contribution in [1.29, 1.82) is 0 Å². The summed E-state index contributed by atoms with van der Waals surface area (Å²) in [5.74, 6) is -0.603. The van der Waals surface area contributed by atoms with Crippen molar-refractivity contribution >= 4 is 28.6 Å². The summed E-state index contributed by atoms with van der Waals surface area (Å²) in [4.78, 5) is 37.0. The number of nitrogens with one attached hydrogen (secondary N) is 3. The van der Waals surface area contributed by atoms with E-state index in [4.69, 9.17) is 4.74 Å². The lowest BCUT2D eigenvalue weighted by molar-refractivity contribution is 0.0595. The van der Waals surface area contributed by atoms with Crippen molar-refractivity contribution in [3.05, 3.63) is 94.3 Å². The van der Waals surface area contributed by atoms with E-state index in [0.717, 1.165) is 54.9 Å². The van der Waals surface area contributed by atoms with Gasteiger partial charge in [0, 0.05) is 68.6 Å². The molecule has 1 aliphatic rings. The Morgan fingerprint density at radius 3 is 2.45 bits per heavy atom. The first-order valence-corrected chi connectivity index (χ1v) is 13.6. The molecule has 1 aliphatic heterocycles. The van der Waals surface area contributed by atoms with Gasteiger partial charge in [0.25, 0.3) is 5.91 Å². The Morgan fingerprint density at radius 1 is 0.950 bits per heavy atom. The molecule has 9 nitrogen and oxygen atoms in total. The predicted molar refractivity (Wildman–Crippen MR) is 156 cm³/mol. The lowest BCUT2D eigenvalue weighted by Gasteiger charge is -2.32. The highest BCUT2D eigenvalue weighted by molar-refractivity contribution is 5.96. The molecule has 208 valence electrons. The molecule has 5 rings (SSSR count). The summed E-state index contributed by atoms with van der Waals surface area (Å²) < 4.78 is 4.76. The zero-order valence-electron chi connectivity index (χ0n) is 23.3. The van der Waals surface area contributed by atoms with Crippen molar-refractivity contribution < 1.29 is 14.3 Å². The number of rotatable bonds is 9. The smallest absolute Gasteiger partial charge is 0.354 e. The number of anilines is 1. The van der Waals surface area contributed by atoms with Gasteiger partial charge in [0.05, 0.1) is 7.11 Å².